The highest BCUT2D eigenvalue weighted by atomic mass is 16.5. The number of benzene rings is 1. The van der Waals surface area contributed by atoms with Gasteiger partial charge in [0.25, 0.3) is 0 Å². The predicted octanol–water partition coefficient (Wildman–Crippen LogP) is 1.66. The smallest absolute Gasteiger partial charge is 0.201 e. The number of nitrogens with zero attached hydrogens (tertiary/aromatic N) is 2. The van der Waals surface area contributed by atoms with Gasteiger partial charge < -0.3 is 19.8 Å². The SMILES string of the molecule is COCCCn1c(N)nc2cc(OC)ccc21. The molecule has 0 aliphatic heterocycles. The molecule has 1 heterocycles. The maximum absolute atomic E-state index is 5.90. The molecule has 0 saturated heterocycles. The van der Waals surface area contributed by atoms with E-state index in [-0.39, 0.29) is 0 Å². The number of nitrogens with two attached hydrogens (primary N) is 1. The average Bonchev–Trinajstić information content (AvgIpc) is 2.65. The first-order valence-electron chi connectivity index (χ1n) is 5.55. The fourth-order valence-electron chi connectivity index (χ4n) is 1.86. The molecule has 0 spiro atoms. The number of methoxy groups -OCH3 is 2. The third-order valence-corrected chi connectivity index (χ3v) is 2.72. The van der Waals surface area contributed by atoms with Crippen molar-refractivity contribution in [1.29, 1.82) is 0 Å². The zero-order valence-electron chi connectivity index (χ0n) is 10.1. The second-order valence-electron chi connectivity index (χ2n) is 3.82. The number of aromatic nitrogens is 2. The lowest BCUT2D eigenvalue weighted by atomic mass is 10.3. The summed E-state index contributed by atoms with van der Waals surface area (Å²) in [6.45, 7) is 1.53. The van der Waals surface area contributed by atoms with Crippen LogP contribution in [0, 0.1) is 0 Å². The number of fused-ring (bicyclic) bond motifs is 1. The molecule has 0 atom stereocenters. The van der Waals surface area contributed by atoms with E-state index in [4.69, 9.17) is 15.2 Å². The third kappa shape index (κ3) is 2.34. The van der Waals surface area contributed by atoms with Crippen molar-refractivity contribution < 1.29 is 9.47 Å². The van der Waals surface area contributed by atoms with Crippen molar-refractivity contribution >= 4 is 17.0 Å². The minimum Gasteiger partial charge on any atom is -0.497 e. The lowest BCUT2D eigenvalue weighted by Gasteiger charge is -2.06. The van der Waals surface area contributed by atoms with E-state index >= 15 is 0 Å². The average molecular weight is 235 g/mol. The highest BCUT2D eigenvalue weighted by Gasteiger charge is 2.08. The van der Waals surface area contributed by atoms with Gasteiger partial charge in [-0.3, -0.25) is 0 Å². The normalized spacial score (nSPS) is 10.9. The van der Waals surface area contributed by atoms with Crippen LogP contribution in [0.2, 0.25) is 0 Å². The molecule has 5 nitrogen and oxygen atoms in total. The van der Waals surface area contributed by atoms with Gasteiger partial charge in [-0.25, -0.2) is 4.98 Å². The van der Waals surface area contributed by atoms with E-state index < -0.39 is 0 Å². The molecule has 0 saturated carbocycles. The molecule has 0 radical (unpaired) electrons. The quantitative estimate of drug-likeness (QED) is 0.801. The van der Waals surface area contributed by atoms with Crippen LogP contribution in [-0.2, 0) is 11.3 Å². The molecule has 0 fully saturated rings. The molecule has 0 amide bonds. The Morgan fingerprint density at radius 1 is 1.35 bits per heavy atom. The van der Waals surface area contributed by atoms with Crippen molar-refractivity contribution in [3.63, 3.8) is 0 Å². The molecule has 17 heavy (non-hydrogen) atoms. The first kappa shape index (κ1) is 11.7. The van der Waals surface area contributed by atoms with Crippen LogP contribution in [0.4, 0.5) is 5.95 Å². The number of aryl methyl sites for hydroxylation is 1. The fourth-order valence-corrected chi connectivity index (χ4v) is 1.86. The molecule has 0 aliphatic rings. The van der Waals surface area contributed by atoms with Crippen molar-refractivity contribution in [3.8, 4) is 5.75 Å². The molecule has 2 aromatic rings. The van der Waals surface area contributed by atoms with Crippen LogP contribution in [-0.4, -0.2) is 30.4 Å². The van der Waals surface area contributed by atoms with E-state index in [1.54, 1.807) is 14.2 Å². The Morgan fingerprint density at radius 2 is 2.18 bits per heavy atom. The lowest BCUT2D eigenvalue weighted by Crippen LogP contribution is -2.05. The van der Waals surface area contributed by atoms with Crippen LogP contribution in [0.15, 0.2) is 18.2 Å². The molecule has 0 bridgehead atoms. The maximum atomic E-state index is 5.90. The summed E-state index contributed by atoms with van der Waals surface area (Å²) in [6, 6.07) is 5.78. The zero-order chi connectivity index (χ0) is 12.3. The number of nitrogen functional groups attached to an aromatic ring is 1. The monoisotopic (exact) mass is 235 g/mol. The topological polar surface area (TPSA) is 62.3 Å². The Hall–Kier alpha value is -1.75. The van der Waals surface area contributed by atoms with Crippen molar-refractivity contribution in [2.24, 2.45) is 0 Å². The maximum Gasteiger partial charge on any atom is 0.201 e. The minimum absolute atomic E-state index is 0.532. The van der Waals surface area contributed by atoms with Gasteiger partial charge in [0.1, 0.15) is 5.75 Å². The van der Waals surface area contributed by atoms with Gasteiger partial charge in [0.15, 0.2) is 0 Å². The van der Waals surface area contributed by atoms with Gasteiger partial charge in [0.2, 0.25) is 5.95 Å². The molecule has 2 rings (SSSR count). The molecular formula is C12H17N3O2. The van der Waals surface area contributed by atoms with Gasteiger partial charge in [-0.2, -0.15) is 0 Å². The van der Waals surface area contributed by atoms with Crippen LogP contribution < -0.4 is 10.5 Å². The van der Waals surface area contributed by atoms with Crippen LogP contribution in [0.25, 0.3) is 11.0 Å². The van der Waals surface area contributed by atoms with Crippen molar-refractivity contribution in [1.82, 2.24) is 9.55 Å². The van der Waals surface area contributed by atoms with E-state index in [9.17, 15) is 0 Å². The number of imidazole rings is 1. The Labute approximate surface area is 100 Å². The van der Waals surface area contributed by atoms with Crippen LogP contribution in [0.3, 0.4) is 0 Å². The summed E-state index contributed by atoms with van der Waals surface area (Å²) in [5.74, 6) is 1.32. The largest absolute Gasteiger partial charge is 0.497 e. The summed E-state index contributed by atoms with van der Waals surface area (Å²) in [6.07, 6.45) is 0.915. The summed E-state index contributed by atoms with van der Waals surface area (Å²) in [4.78, 5) is 4.32. The Balaban J connectivity index is 2.31. The van der Waals surface area contributed by atoms with Gasteiger partial charge in [0, 0.05) is 26.3 Å². The molecular weight excluding hydrogens is 218 g/mol. The van der Waals surface area contributed by atoms with Crippen LogP contribution >= 0.6 is 0 Å². The number of hydrogen-bond acceptors (Lipinski definition) is 4. The number of anilines is 1. The Morgan fingerprint density at radius 3 is 2.88 bits per heavy atom. The molecule has 5 heteroatoms. The third-order valence-electron chi connectivity index (χ3n) is 2.72. The van der Waals surface area contributed by atoms with Gasteiger partial charge in [0.05, 0.1) is 18.1 Å². The molecule has 0 aliphatic carbocycles. The molecule has 1 aromatic carbocycles. The van der Waals surface area contributed by atoms with E-state index in [0.717, 1.165) is 36.4 Å². The molecule has 2 N–H and O–H groups in total. The number of hydrogen-bond donors (Lipinski definition) is 1. The lowest BCUT2D eigenvalue weighted by molar-refractivity contribution is 0.191. The summed E-state index contributed by atoms with van der Waals surface area (Å²) >= 11 is 0. The van der Waals surface area contributed by atoms with Crippen LogP contribution in [0.1, 0.15) is 6.42 Å². The van der Waals surface area contributed by atoms with Gasteiger partial charge in [-0.1, -0.05) is 0 Å². The number of rotatable bonds is 5. The van der Waals surface area contributed by atoms with Crippen molar-refractivity contribution in [2.45, 2.75) is 13.0 Å². The summed E-state index contributed by atoms with van der Waals surface area (Å²) < 4.78 is 12.2. The first-order valence-corrected chi connectivity index (χ1v) is 5.55. The first-order chi connectivity index (χ1) is 8.26. The molecule has 0 unspecified atom stereocenters. The summed E-state index contributed by atoms with van der Waals surface area (Å²) in [5.41, 5.74) is 7.78. The van der Waals surface area contributed by atoms with E-state index in [2.05, 4.69) is 4.98 Å². The highest BCUT2D eigenvalue weighted by molar-refractivity contribution is 5.79. The Bertz CT molecular complexity index is 508. The minimum atomic E-state index is 0.532. The van der Waals surface area contributed by atoms with Gasteiger partial charge >= 0.3 is 0 Å². The zero-order valence-corrected chi connectivity index (χ0v) is 10.1. The van der Waals surface area contributed by atoms with Crippen molar-refractivity contribution in [2.75, 3.05) is 26.6 Å². The second kappa shape index (κ2) is 5.05. The summed E-state index contributed by atoms with van der Waals surface area (Å²) in [5, 5.41) is 0. The predicted molar refractivity (Wildman–Crippen MR) is 67.2 cm³/mol. The molecule has 92 valence electrons. The van der Waals surface area contributed by atoms with E-state index in [1.807, 2.05) is 22.8 Å². The second-order valence-corrected chi connectivity index (χ2v) is 3.82. The van der Waals surface area contributed by atoms with E-state index in [0.29, 0.717) is 5.95 Å². The molecule has 1 aromatic heterocycles. The van der Waals surface area contributed by atoms with Crippen LogP contribution in [0.5, 0.6) is 5.75 Å². The van der Waals surface area contributed by atoms with Gasteiger partial charge in [-0.05, 0) is 18.6 Å². The standard InChI is InChI=1S/C12H17N3O2/c1-16-7-3-6-15-11-5-4-9(17-2)8-10(11)14-12(15)13/h4-5,8H,3,6-7H2,1-2H3,(H2,13,14). The van der Waals surface area contributed by atoms with Crippen molar-refractivity contribution in [3.05, 3.63) is 18.2 Å². The number of ether oxygens (including phenoxy) is 2. The highest BCUT2D eigenvalue weighted by Crippen LogP contribution is 2.22. The van der Waals surface area contributed by atoms with E-state index in [1.165, 1.54) is 0 Å². The van der Waals surface area contributed by atoms with Gasteiger partial charge in [-0.15, -0.1) is 0 Å². The Kier molecular flexibility index (Phi) is 3.49. The summed E-state index contributed by atoms with van der Waals surface area (Å²) in [7, 11) is 3.33. The fraction of sp³-hybridized carbons (Fsp3) is 0.417.